The van der Waals surface area contributed by atoms with Crippen LogP contribution >= 0.6 is 11.8 Å². The van der Waals surface area contributed by atoms with Crippen LogP contribution in [-0.2, 0) is 4.79 Å². The Bertz CT molecular complexity index is 308. The van der Waals surface area contributed by atoms with Crippen molar-refractivity contribution in [3.8, 4) is 0 Å². The fourth-order valence-corrected chi connectivity index (χ4v) is 4.31. The standard InChI is InChI=1S/C14H26N2OS/c1-9(2)13-15-10(3)14(17)16(13)11-7-5-6-8-12(11)18-4/h9-13,15H,5-8H2,1-4H3. The third-order valence-corrected chi connectivity index (χ3v) is 5.46. The molecule has 1 heterocycles. The summed E-state index contributed by atoms with van der Waals surface area (Å²) in [6, 6.07) is 0.424. The zero-order chi connectivity index (χ0) is 13.3. The Morgan fingerprint density at radius 1 is 1.33 bits per heavy atom. The molecule has 2 fully saturated rings. The van der Waals surface area contributed by atoms with E-state index in [1.54, 1.807) is 0 Å². The van der Waals surface area contributed by atoms with Crippen LogP contribution in [0.4, 0.5) is 0 Å². The van der Waals surface area contributed by atoms with E-state index in [2.05, 4.69) is 30.3 Å². The van der Waals surface area contributed by atoms with E-state index >= 15 is 0 Å². The summed E-state index contributed by atoms with van der Waals surface area (Å²) < 4.78 is 0. The van der Waals surface area contributed by atoms with Crippen LogP contribution in [-0.4, -0.2) is 40.6 Å². The lowest BCUT2D eigenvalue weighted by Gasteiger charge is -2.41. The molecule has 3 nitrogen and oxygen atoms in total. The lowest BCUT2D eigenvalue weighted by Crippen LogP contribution is -2.52. The van der Waals surface area contributed by atoms with E-state index in [9.17, 15) is 4.79 Å². The molecule has 0 bridgehead atoms. The number of rotatable bonds is 3. The van der Waals surface area contributed by atoms with Crippen molar-refractivity contribution in [2.24, 2.45) is 5.92 Å². The molecule has 1 aliphatic carbocycles. The van der Waals surface area contributed by atoms with Gasteiger partial charge in [-0.3, -0.25) is 10.1 Å². The van der Waals surface area contributed by atoms with Gasteiger partial charge in [0.15, 0.2) is 0 Å². The molecule has 2 rings (SSSR count). The lowest BCUT2D eigenvalue weighted by atomic mass is 9.92. The van der Waals surface area contributed by atoms with E-state index in [0.29, 0.717) is 23.1 Å². The first-order chi connectivity index (χ1) is 8.56. The maximum atomic E-state index is 12.4. The van der Waals surface area contributed by atoms with Crippen molar-refractivity contribution in [1.82, 2.24) is 10.2 Å². The van der Waals surface area contributed by atoms with E-state index in [1.807, 2.05) is 18.7 Å². The Hall–Kier alpha value is -0.220. The minimum atomic E-state index is -0.0122. The van der Waals surface area contributed by atoms with E-state index in [4.69, 9.17) is 0 Å². The van der Waals surface area contributed by atoms with Crippen LogP contribution in [0, 0.1) is 5.92 Å². The van der Waals surface area contributed by atoms with E-state index in [1.165, 1.54) is 25.7 Å². The fourth-order valence-electron chi connectivity index (χ4n) is 3.32. The number of carbonyl (C=O) groups excluding carboxylic acids is 1. The molecule has 1 amide bonds. The van der Waals surface area contributed by atoms with E-state index < -0.39 is 0 Å². The molecule has 1 saturated heterocycles. The Balaban J connectivity index is 2.19. The van der Waals surface area contributed by atoms with Gasteiger partial charge in [0, 0.05) is 11.3 Å². The third-order valence-electron chi connectivity index (χ3n) is 4.30. The smallest absolute Gasteiger partial charge is 0.241 e. The summed E-state index contributed by atoms with van der Waals surface area (Å²) in [5.74, 6) is 0.781. The molecular weight excluding hydrogens is 244 g/mol. The van der Waals surface area contributed by atoms with Crippen molar-refractivity contribution in [3.05, 3.63) is 0 Å². The highest BCUT2D eigenvalue weighted by atomic mass is 32.2. The number of carbonyl (C=O) groups is 1. The van der Waals surface area contributed by atoms with Gasteiger partial charge in [0.2, 0.25) is 5.91 Å². The monoisotopic (exact) mass is 270 g/mol. The van der Waals surface area contributed by atoms with Crippen molar-refractivity contribution in [2.45, 2.75) is 70.0 Å². The molecule has 0 aromatic carbocycles. The van der Waals surface area contributed by atoms with Gasteiger partial charge in [-0.05, 0) is 31.9 Å². The van der Waals surface area contributed by atoms with E-state index in [-0.39, 0.29) is 12.2 Å². The van der Waals surface area contributed by atoms with Crippen LogP contribution in [0.5, 0.6) is 0 Å². The molecule has 1 aliphatic heterocycles. The molecule has 104 valence electrons. The highest BCUT2D eigenvalue weighted by molar-refractivity contribution is 7.99. The van der Waals surface area contributed by atoms with Gasteiger partial charge < -0.3 is 4.90 Å². The molecule has 4 heteroatoms. The summed E-state index contributed by atoms with van der Waals surface area (Å²) >= 11 is 1.94. The number of hydrogen-bond acceptors (Lipinski definition) is 3. The molecule has 4 unspecified atom stereocenters. The normalized spacial score (nSPS) is 37.6. The predicted octanol–water partition coefficient (Wildman–Crippen LogP) is 2.46. The predicted molar refractivity (Wildman–Crippen MR) is 77.6 cm³/mol. The van der Waals surface area contributed by atoms with Gasteiger partial charge in [-0.1, -0.05) is 26.7 Å². The number of amides is 1. The minimum Gasteiger partial charge on any atom is -0.321 e. The molecule has 18 heavy (non-hydrogen) atoms. The zero-order valence-corrected chi connectivity index (χ0v) is 12.8. The second-order valence-corrected chi connectivity index (χ2v) is 7.03. The largest absolute Gasteiger partial charge is 0.321 e. The quantitative estimate of drug-likeness (QED) is 0.855. The maximum Gasteiger partial charge on any atom is 0.241 e. The molecule has 0 spiro atoms. The summed E-state index contributed by atoms with van der Waals surface area (Å²) in [7, 11) is 0. The van der Waals surface area contributed by atoms with Gasteiger partial charge in [-0.2, -0.15) is 11.8 Å². The van der Waals surface area contributed by atoms with Crippen LogP contribution in [0.3, 0.4) is 0 Å². The summed E-state index contributed by atoms with van der Waals surface area (Å²) in [6.45, 7) is 6.40. The molecule has 0 aromatic heterocycles. The van der Waals surface area contributed by atoms with Crippen LogP contribution < -0.4 is 5.32 Å². The molecule has 4 atom stereocenters. The van der Waals surface area contributed by atoms with Gasteiger partial charge in [0.05, 0.1) is 12.2 Å². The Morgan fingerprint density at radius 2 is 2.00 bits per heavy atom. The average Bonchev–Trinajstić information content (AvgIpc) is 2.66. The van der Waals surface area contributed by atoms with Crippen molar-refractivity contribution >= 4 is 17.7 Å². The van der Waals surface area contributed by atoms with Gasteiger partial charge in [-0.15, -0.1) is 0 Å². The molecule has 1 N–H and O–H groups in total. The summed E-state index contributed by atoms with van der Waals surface area (Å²) in [5, 5.41) is 4.08. The summed E-state index contributed by atoms with van der Waals surface area (Å²) in [5.41, 5.74) is 0. The SMILES string of the molecule is CSC1CCCCC1N1C(=O)C(C)NC1C(C)C. The van der Waals surface area contributed by atoms with Crippen molar-refractivity contribution in [3.63, 3.8) is 0 Å². The average molecular weight is 270 g/mol. The number of thioether (sulfide) groups is 1. The van der Waals surface area contributed by atoms with Crippen LogP contribution in [0.2, 0.25) is 0 Å². The number of hydrogen-bond donors (Lipinski definition) is 1. The van der Waals surface area contributed by atoms with Gasteiger partial charge in [0.25, 0.3) is 0 Å². The molecule has 0 aromatic rings. The van der Waals surface area contributed by atoms with Crippen molar-refractivity contribution < 1.29 is 4.79 Å². The van der Waals surface area contributed by atoms with Gasteiger partial charge in [-0.25, -0.2) is 0 Å². The Labute approximate surface area is 115 Å². The first-order valence-corrected chi connectivity index (χ1v) is 8.46. The first kappa shape index (κ1) is 14.2. The first-order valence-electron chi connectivity index (χ1n) is 7.17. The maximum absolute atomic E-state index is 12.4. The highest BCUT2D eigenvalue weighted by Crippen LogP contribution is 2.34. The minimum absolute atomic E-state index is 0.0122. The zero-order valence-electron chi connectivity index (χ0n) is 12.0. The van der Waals surface area contributed by atoms with Crippen molar-refractivity contribution in [2.75, 3.05) is 6.26 Å². The van der Waals surface area contributed by atoms with Crippen LogP contribution in [0.1, 0.15) is 46.5 Å². The Kier molecular flexibility index (Phi) is 4.59. The highest BCUT2D eigenvalue weighted by Gasteiger charge is 2.44. The molecule has 0 radical (unpaired) electrons. The summed E-state index contributed by atoms with van der Waals surface area (Å²) in [6.07, 6.45) is 7.43. The fraction of sp³-hybridized carbons (Fsp3) is 0.929. The van der Waals surface area contributed by atoms with Gasteiger partial charge in [0.1, 0.15) is 0 Å². The third kappa shape index (κ3) is 2.55. The van der Waals surface area contributed by atoms with E-state index in [0.717, 1.165) is 0 Å². The lowest BCUT2D eigenvalue weighted by molar-refractivity contribution is -0.133. The molecular formula is C14H26N2OS. The summed E-state index contributed by atoms with van der Waals surface area (Å²) in [4.78, 5) is 14.6. The second kappa shape index (κ2) is 5.83. The second-order valence-electron chi connectivity index (χ2n) is 5.95. The number of nitrogens with one attached hydrogen (secondary N) is 1. The molecule has 2 aliphatic rings. The van der Waals surface area contributed by atoms with Crippen LogP contribution in [0.25, 0.3) is 0 Å². The topological polar surface area (TPSA) is 32.3 Å². The number of nitrogens with zero attached hydrogens (tertiary/aromatic N) is 1. The van der Waals surface area contributed by atoms with Crippen LogP contribution in [0.15, 0.2) is 0 Å². The Morgan fingerprint density at radius 3 is 2.61 bits per heavy atom. The van der Waals surface area contributed by atoms with Gasteiger partial charge >= 0.3 is 0 Å². The molecule has 1 saturated carbocycles. The van der Waals surface area contributed by atoms with Crippen molar-refractivity contribution in [1.29, 1.82) is 0 Å².